The van der Waals surface area contributed by atoms with E-state index >= 15 is 0 Å². The molecule has 0 unspecified atom stereocenters. The maximum absolute atomic E-state index is 12.9. The maximum Gasteiger partial charge on any atom is 0.255 e. The number of carbonyl (C=O) groups excluding carboxylic acids is 1. The molecule has 0 aliphatic rings. The number of aryl methyl sites for hydroxylation is 1. The van der Waals surface area contributed by atoms with E-state index in [1.807, 2.05) is 67.1 Å². The average molecular weight is 375 g/mol. The monoisotopic (exact) mass is 375 g/mol. The van der Waals surface area contributed by atoms with Crippen LogP contribution in [0.5, 0.6) is 5.75 Å². The largest absolute Gasteiger partial charge is 0.497 e. The van der Waals surface area contributed by atoms with Crippen LogP contribution in [0.25, 0.3) is 22.3 Å². The fraction of sp³-hybridized carbons (Fsp3) is 0.190. The summed E-state index contributed by atoms with van der Waals surface area (Å²) in [4.78, 5) is 17.6. The number of rotatable bonds is 5. The zero-order chi connectivity index (χ0) is 19.7. The van der Waals surface area contributed by atoms with Crippen LogP contribution < -0.4 is 10.1 Å². The molecule has 7 nitrogen and oxygen atoms in total. The summed E-state index contributed by atoms with van der Waals surface area (Å²) in [5.41, 5.74) is 3.94. The number of fused-ring (bicyclic) bond motifs is 1. The number of aromatic nitrogens is 4. The first kappa shape index (κ1) is 17.8. The number of amides is 1. The Kier molecular flexibility index (Phi) is 4.57. The van der Waals surface area contributed by atoms with Gasteiger partial charge in [-0.1, -0.05) is 12.1 Å². The standard InChI is InChI=1S/C21H21N5O2/c1-13(20-24-17-6-4-5-7-18(17)26(20)2)23-21(27)16-12-22-25-19(16)14-8-10-15(28-3)11-9-14/h4-13H,1-3H3,(H,22,25)(H,23,27)/t13-/m1/s1. The Morgan fingerprint density at radius 3 is 2.64 bits per heavy atom. The number of ether oxygens (including phenoxy) is 1. The summed E-state index contributed by atoms with van der Waals surface area (Å²) in [5, 5.41) is 10.00. The Hall–Kier alpha value is -3.61. The first-order valence-corrected chi connectivity index (χ1v) is 8.98. The van der Waals surface area contributed by atoms with Crippen molar-refractivity contribution < 1.29 is 9.53 Å². The van der Waals surface area contributed by atoms with Crippen molar-refractivity contribution >= 4 is 16.9 Å². The second-order valence-corrected chi connectivity index (χ2v) is 6.60. The fourth-order valence-electron chi connectivity index (χ4n) is 3.33. The van der Waals surface area contributed by atoms with Crippen molar-refractivity contribution in [1.29, 1.82) is 0 Å². The zero-order valence-corrected chi connectivity index (χ0v) is 15.9. The van der Waals surface area contributed by atoms with E-state index < -0.39 is 0 Å². The molecule has 0 spiro atoms. The van der Waals surface area contributed by atoms with Gasteiger partial charge in [0.15, 0.2) is 0 Å². The van der Waals surface area contributed by atoms with Gasteiger partial charge in [0.1, 0.15) is 11.6 Å². The minimum atomic E-state index is -0.261. The highest BCUT2D eigenvalue weighted by atomic mass is 16.5. The van der Waals surface area contributed by atoms with Gasteiger partial charge in [0, 0.05) is 12.6 Å². The molecule has 0 radical (unpaired) electrons. The number of nitrogens with one attached hydrogen (secondary N) is 2. The van der Waals surface area contributed by atoms with E-state index in [4.69, 9.17) is 4.74 Å². The quantitative estimate of drug-likeness (QED) is 0.559. The Balaban J connectivity index is 1.58. The first-order valence-electron chi connectivity index (χ1n) is 8.98. The minimum Gasteiger partial charge on any atom is -0.497 e. The molecule has 4 aromatic rings. The SMILES string of the molecule is COc1ccc(-c2[nH]ncc2C(=O)N[C@H](C)c2nc3ccccc3n2C)cc1. The van der Waals surface area contributed by atoms with Crippen molar-refractivity contribution in [3.8, 4) is 17.0 Å². The number of hydrogen-bond acceptors (Lipinski definition) is 4. The molecule has 0 aliphatic carbocycles. The van der Waals surface area contributed by atoms with Gasteiger partial charge in [-0.05, 0) is 43.3 Å². The molecule has 0 saturated carbocycles. The summed E-state index contributed by atoms with van der Waals surface area (Å²) in [7, 11) is 3.57. The molecular formula is C21H21N5O2. The van der Waals surface area contributed by atoms with Gasteiger partial charge in [-0.25, -0.2) is 4.98 Å². The summed E-state index contributed by atoms with van der Waals surface area (Å²) in [5.74, 6) is 1.34. The lowest BCUT2D eigenvalue weighted by atomic mass is 10.1. The van der Waals surface area contributed by atoms with E-state index in [2.05, 4.69) is 20.5 Å². The van der Waals surface area contributed by atoms with E-state index in [0.717, 1.165) is 28.2 Å². The third-order valence-electron chi connectivity index (χ3n) is 4.82. The van der Waals surface area contributed by atoms with Gasteiger partial charge < -0.3 is 14.6 Å². The van der Waals surface area contributed by atoms with Crippen LogP contribution in [0.4, 0.5) is 0 Å². The third kappa shape index (κ3) is 3.11. The molecule has 4 rings (SSSR count). The Morgan fingerprint density at radius 2 is 1.93 bits per heavy atom. The number of para-hydroxylation sites is 2. The van der Waals surface area contributed by atoms with Crippen LogP contribution in [0.15, 0.2) is 54.7 Å². The van der Waals surface area contributed by atoms with Crippen molar-refractivity contribution in [3.05, 3.63) is 66.1 Å². The van der Waals surface area contributed by atoms with Crippen LogP contribution in [-0.4, -0.2) is 32.8 Å². The lowest BCUT2D eigenvalue weighted by Crippen LogP contribution is -2.28. The third-order valence-corrected chi connectivity index (χ3v) is 4.82. The number of carbonyl (C=O) groups is 1. The molecule has 0 fully saturated rings. The molecule has 2 aromatic heterocycles. The van der Waals surface area contributed by atoms with Gasteiger partial charge in [0.2, 0.25) is 0 Å². The van der Waals surface area contributed by atoms with Crippen LogP contribution in [0.3, 0.4) is 0 Å². The van der Waals surface area contributed by atoms with Gasteiger partial charge in [-0.15, -0.1) is 0 Å². The highest BCUT2D eigenvalue weighted by Gasteiger charge is 2.20. The van der Waals surface area contributed by atoms with Gasteiger partial charge in [0.05, 0.1) is 41.6 Å². The van der Waals surface area contributed by atoms with Crippen molar-refractivity contribution in [2.45, 2.75) is 13.0 Å². The molecule has 0 saturated heterocycles. The predicted octanol–water partition coefficient (Wildman–Crippen LogP) is 3.46. The van der Waals surface area contributed by atoms with Crippen LogP contribution in [0, 0.1) is 0 Å². The summed E-state index contributed by atoms with van der Waals surface area (Å²) in [6.07, 6.45) is 1.54. The number of imidazole rings is 1. The van der Waals surface area contributed by atoms with E-state index in [9.17, 15) is 4.79 Å². The lowest BCUT2D eigenvalue weighted by Gasteiger charge is -2.14. The second kappa shape index (κ2) is 7.19. The molecule has 142 valence electrons. The van der Waals surface area contributed by atoms with Gasteiger partial charge >= 0.3 is 0 Å². The van der Waals surface area contributed by atoms with Crippen molar-refractivity contribution in [2.24, 2.45) is 7.05 Å². The molecular weight excluding hydrogens is 354 g/mol. The van der Waals surface area contributed by atoms with Crippen molar-refractivity contribution in [1.82, 2.24) is 25.1 Å². The van der Waals surface area contributed by atoms with Crippen LogP contribution in [-0.2, 0) is 7.05 Å². The average Bonchev–Trinajstić information content (AvgIpc) is 3.33. The predicted molar refractivity (Wildman–Crippen MR) is 107 cm³/mol. The van der Waals surface area contributed by atoms with Crippen LogP contribution in [0.1, 0.15) is 29.1 Å². The molecule has 7 heteroatoms. The first-order chi connectivity index (χ1) is 13.6. The smallest absolute Gasteiger partial charge is 0.255 e. The van der Waals surface area contributed by atoms with Gasteiger partial charge in [-0.3, -0.25) is 9.89 Å². The Labute approximate surface area is 162 Å². The molecule has 2 aromatic carbocycles. The number of benzene rings is 2. The summed E-state index contributed by atoms with van der Waals surface area (Å²) in [6.45, 7) is 1.92. The number of methoxy groups -OCH3 is 1. The number of hydrogen-bond donors (Lipinski definition) is 2. The molecule has 28 heavy (non-hydrogen) atoms. The molecule has 1 amide bonds. The molecule has 0 bridgehead atoms. The number of nitrogens with zero attached hydrogens (tertiary/aromatic N) is 3. The zero-order valence-electron chi connectivity index (χ0n) is 15.9. The highest BCUT2D eigenvalue weighted by molar-refractivity contribution is 6.00. The summed E-state index contributed by atoms with van der Waals surface area (Å²) >= 11 is 0. The highest BCUT2D eigenvalue weighted by Crippen LogP contribution is 2.25. The molecule has 1 atom stereocenters. The molecule has 2 N–H and O–H groups in total. The fourth-order valence-corrected chi connectivity index (χ4v) is 3.33. The maximum atomic E-state index is 12.9. The molecule has 2 heterocycles. The summed E-state index contributed by atoms with van der Waals surface area (Å²) in [6, 6.07) is 15.1. The van der Waals surface area contributed by atoms with Crippen LogP contribution in [0.2, 0.25) is 0 Å². The van der Waals surface area contributed by atoms with E-state index in [-0.39, 0.29) is 11.9 Å². The van der Waals surface area contributed by atoms with E-state index in [0.29, 0.717) is 11.3 Å². The van der Waals surface area contributed by atoms with E-state index in [1.165, 1.54) is 6.20 Å². The van der Waals surface area contributed by atoms with Gasteiger partial charge in [0.25, 0.3) is 5.91 Å². The normalized spacial score (nSPS) is 12.1. The molecule has 0 aliphatic heterocycles. The van der Waals surface area contributed by atoms with Crippen molar-refractivity contribution in [3.63, 3.8) is 0 Å². The summed E-state index contributed by atoms with van der Waals surface area (Å²) < 4.78 is 7.19. The second-order valence-electron chi connectivity index (χ2n) is 6.60. The van der Waals surface area contributed by atoms with Gasteiger partial charge in [-0.2, -0.15) is 5.10 Å². The Morgan fingerprint density at radius 1 is 1.18 bits per heavy atom. The van der Waals surface area contributed by atoms with Crippen molar-refractivity contribution in [2.75, 3.05) is 7.11 Å². The van der Waals surface area contributed by atoms with Crippen LogP contribution >= 0.6 is 0 Å². The topological polar surface area (TPSA) is 84.8 Å². The Bertz CT molecular complexity index is 1130. The number of H-pyrrole nitrogens is 1. The minimum absolute atomic E-state index is 0.209. The van der Waals surface area contributed by atoms with E-state index in [1.54, 1.807) is 7.11 Å². The number of aromatic amines is 1. The lowest BCUT2D eigenvalue weighted by molar-refractivity contribution is 0.0938.